The minimum absolute atomic E-state index is 0.00603. The van der Waals surface area contributed by atoms with Crippen molar-refractivity contribution >= 4 is 21.8 Å². The number of hydrogen-bond acceptors (Lipinski definition) is 3. The molecule has 0 aromatic heterocycles. The summed E-state index contributed by atoms with van der Waals surface area (Å²) in [5.74, 6) is -0.254. The molecule has 18 heavy (non-hydrogen) atoms. The molecule has 0 saturated carbocycles. The highest BCUT2D eigenvalue weighted by Gasteiger charge is 2.07. The first-order chi connectivity index (χ1) is 8.52. The highest BCUT2D eigenvalue weighted by Crippen LogP contribution is 2.25. The van der Waals surface area contributed by atoms with Crippen molar-refractivity contribution in [1.29, 1.82) is 0 Å². The number of rotatable bonds is 6. The SMILES string of the molecule is CC(CO)CNC(=O)COc1ccc(F)cc1Br. The average Bonchev–Trinajstić information content (AvgIpc) is 2.34. The number of benzene rings is 1. The zero-order valence-electron chi connectivity index (χ0n) is 9.95. The van der Waals surface area contributed by atoms with Gasteiger partial charge in [0.2, 0.25) is 0 Å². The standard InChI is InChI=1S/C12H15BrFNO3/c1-8(6-16)5-15-12(17)7-18-11-3-2-9(14)4-10(11)13/h2-4,8,16H,5-7H2,1H3,(H,15,17). The third kappa shape index (κ3) is 5.01. The maximum atomic E-state index is 12.8. The predicted octanol–water partition coefficient (Wildman–Crippen LogP) is 1.71. The lowest BCUT2D eigenvalue weighted by molar-refractivity contribution is -0.123. The molecule has 1 unspecified atom stereocenters. The van der Waals surface area contributed by atoms with E-state index in [4.69, 9.17) is 9.84 Å². The predicted molar refractivity (Wildman–Crippen MR) is 68.9 cm³/mol. The van der Waals surface area contributed by atoms with Crippen LogP contribution in [0.1, 0.15) is 6.92 Å². The molecule has 0 aliphatic rings. The van der Waals surface area contributed by atoms with E-state index in [0.717, 1.165) is 0 Å². The summed E-state index contributed by atoms with van der Waals surface area (Å²) in [5.41, 5.74) is 0. The highest BCUT2D eigenvalue weighted by molar-refractivity contribution is 9.10. The van der Waals surface area contributed by atoms with Crippen molar-refractivity contribution in [3.63, 3.8) is 0 Å². The molecule has 1 aromatic rings. The van der Waals surface area contributed by atoms with E-state index in [1.54, 1.807) is 0 Å². The van der Waals surface area contributed by atoms with Gasteiger partial charge in [-0.05, 0) is 40.0 Å². The molecule has 0 aliphatic heterocycles. The van der Waals surface area contributed by atoms with E-state index < -0.39 is 0 Å². The number of halogens is 2. The third-order valence-electron chi connectivity index (χ3n) is 2.21. The molecule has 6 heteroatoms. The molecule has 0 aliphatic carbocycles. The number of hydrogen-bond donors (Lipinski definition) is 2. The Kier molecular flexibility index (Phi) is 6.07. The van der Waals surface area contributed by atoms with Crippen molar-refractivity contribution in [3.8, 4) is 5.75 Å². The van der Waals surface area contributed by atoms with Crippen LogP contribution in [0.3, 0.4) is 0 Å². The van der Waals surface area contributed by atoms with Gasteiger partial charge in [0.25, 0.3) is 5.91 Å². The first-order valence-corrected chi connectivity index (χ1v) is 6.27. The number of amides is 1. The summed E-state index contributed by atoms with van der Waals surface area (Å²) in [7, 11) is 0. The fourth-order valence-corrected chi connectivity index (χ4v) is 1.60. The van der Waals surface area contributed by atoms with Crippen molar-refractivity contribution in [2.75, 3.05) is 19.8 Å². The third-order valence-corrected chi connectivity index (χ3v) is 2.83. The molecule has 0 spiro atoms. The number of nitrogens with one attached hydrogen (secondary N) is 1. The van der Waals surface area contributed by atoms with Crippen LogP contribution in [0.4, 0.5) is 4.39 Å². The van der Waals surface area contributed by atoms with Gasteiger partial charge in [0.15, 0.2) is 6.61 Å². The van der Waals surface area contributed by atoms with Gasteiger partial charge in [0, 0.05) is 13.2 Å². The number of aliphatic hydroxyl groups excluding tert-OH is 1. The Morgan fingerprint density at radius 2 is 2.33 bits per heavy atom. The summed E-state index contributed by atoms with van der Waals surface area (Å²) in [5, 5.41) is 11.4. The van der Waals surface area contributed by atoms with E-state index in [2.05, 4.69) is 21.2 Å². The van der Waals surface area contributed by atoms with Gasteiger partial charge in [-0.2, -0.15) is 0 Å². The average molecular weight is 320 g/mol. The van der Waals surface area contributed by atoms with Crippen molar-refractivity contribution in [2.24, 2.45) is 5.92 Å². The van der Waals surface area contributed by atoms with Gasteiger partial charge in [-0.25, -0.2) is 4.39 Å². The molecule has 0 saturated heterocycles. The summed E-state index contributed by atoms with van der Waals surface area (Å²) in [6, 6.07) is 3.97. The Morgan fingerprint density at radius 1 is 1.61 bits per heavy atom. The van der Waals surface area contributed by atoms with Crippen molar-refractivity contribution in [2.45, 2.75) is 6.92 Å². The second kappa shape index (κ2) is 7.33. The van der Waals surface area contributed by atoms with Gasteiger partial charge < -0.3 is 15.2 Å². The minimum Gasteiger partial charge on any atom is -0.483 e. The lowest BCUT2D eigenvalue weighted by Crippen LogP contribution is -2.33. The fraction of sp³-hybridized carbons (Fsp3) is 0.417. The Balaban J connectivity index is 2.38. The van der Waals surface area contributed by atoms with E-state index in [1.165, 1.54) is 18.2 Å². The highest BCUT2D eigenvalue weighted by atomic mass is 79.9. The summed E-state index contributed by atoms with van der Waals surface area (Å²) >= 11 is 3.14. The second-order valence-corrected chi connectivity index (χ2v) is 4.81. The zero-order chi connectivity index (χ0) is 13.5. The van der Waals surface area contributed by atoms with E-state index in [0.29, 0.717) is 16.8 Å². The summed E-state index contributed by atoms with van der Waals surface area (Å²) < 4.78 is 18.5. The van der Waals surface area contributed by atoms with Crippen LogP contribution in [-0.2, 0) is 4.79 Å². The zero-order valence-corrected chi connectivity index (χ0v) is 11.5. The number of carbonyl (C=O) groups is 1. The normalized spacial score (nSPS) is 12.0. The monoisotopic (exact) mass is 319 g/mol. The molecule has 0 radical (unpaired) electrons. The van der Waals surface area contributed by atoms with Crippen LogP contribution in [0.2, 0.25) is 0 Å². The van der Waals surface area contributed by atoms with Crippen LogP contribution in [0.15, 0.2) is 22.7 Å². The molecule has 1 amide bonds. The molecule has 2 N–H and O–H groups in total. The lowest BCUT2D eigenvalue weighted by Gasteiger charge is -2.11. The number of ether oxygens (including phenoxy) is 1. The van der Waals surface area contributed by atoms with Gasteiger partial charge in [0.1, 0.15) is 11.6 Å². The van der Waals surface area contributed by atoms with Crippen LogP contribution in [-0.4, -0.2) is 30.8 Å². The van der Waals surface area contributed by atoms with Gasteiger partial charge in [-0.1, -0.05) is 6.92 Å². The number of carbonyl (C=O) groups excluding carboxylic acids is 1. The molecule has 0 heterocycles. The fourth-order valence-electron chi connectivity index (χ4n) is 1.14. The first-order valence-electron chi connectivity index (χ1n) is 5.48. The summed E-state index contributed by atoms with van der Waals surface area (Å²) in [6.45, 7) is 2.08. The first kappa shape index (κ1) is 14.9. The van der Waals surface area contributed by atoms with Crippen LogP contribution >= 0.6 is 15.9 Å². The van der Waals surface area contributed by atoms with E-state index in [-0.39, 0.29) is 30.9 Å². The van der Waals surface area contributed by atoms with E-state index in [9.17, 15) is 9.18 Å². The molecule has 0 fully saturated rings. The van der Waals surface area contributed by atoms with E-state index >= 15 is 0 Å². The van der Waals surface area contributed by atoms with Gasteiger partial charge in [0.05, 0.1) is 4.47 Å². The molecular weight excluding hydrogens is 305 g/mol. The summed E-state index contributed by atoms with van der Waals surface area (Å²) in [4.78, 5) is 11.4. The van der Waals surface area contributed by atoms with Crippen molar-refractivity contribution < 1.29 is 19.0 Å². The maximum absolute atomic E-state index is 12.8. The van der Waals surface area contributed by atoms with Gasteiger partial charge in [-0.3, -0.25) is 4.79 Å². The molecule has 100 valence electrons. The Labute approximate surface area is 113 Å². The minimum atomic E-state index is -0.379. The van der Waals surface area contributed by atoms with Crippen LogP contribution in [0.25, 0.3) is 0 Å². The quantitative estimate of drug-likeness (QED) is 0.839. The van der Waals surface area contributed by atoms with Crippen LogP contribution < -0.4 is 10.1 Å². The molecule has 1 aromatic carbocycles. The largest absolute Gasteiger partial charge is 0.483 e. The molecule has 4 nitrogen and oxygen atoms in total. The second-order valence-electron chi connectivity index (χ2n) is 3.96. The summed E-state index contributed by atoms with van der Waals surface area (Å²) in [6.07, 6.45) is 0. The van der Waals surface area contributed by atoms with E-state index in [1.807, 2.05) is 6.92 Å². The maximum Gasteiger partial charge on any atom is 0.257 e. The van der Waals surface area contributed by atoms with Crippen molar-refractivity contribution in [3.05, 3.63) is 28.5 Å². The van der Waals surface area contributed by atoms with Gasteiger partial charge in [-0.15, -0.1) is 0 Å². The number of aliphatic hydroxyl groups is 1. The molecule has 0 bridgehead atoms. The van der Waals surface area contributed by atoms with Crippen molar-refractivity contribution in [1.82, 2.24) is 5.32 Å². The topological polar surface area (TPSA) is 58.6 Å². The molecular formula is C12H15BrFNO3. The smallest absolute Gasteiger partial charge is 0.257 e. The van der Waals surface area contributed by atoms with Gasteiger partial charge >= 0.3 is 0 Å². The van der Waals surface area contributed by atoms with Crippen LogP contribution in [0.5, 0.6) is 5.75 Å². The Bertz CT molecular complexity index is 414. The molecule has 1 atom stereocenters. The van der Waals surface area contributed by atoms with Crippen LogP contribution in [0, 0.1) is 11.7 Å². The molecule has 1 rings (SSSR count). The Morgan fingerprint density at radius 3 is 2.94 bits per heavy atom. The Hall–Kier alpha value is -1.14. The lowest BCUT2D eigenvalue weighted by atomic mass is 10.2.